The molecule has 2 unspecified atom stereocenters. The van der Waals surface area contributed by atoms with Crippen molar-refractivity contribution in [3.8, 4) is 11.5 Å². The molecule has 0 radical (unpaired) electrons. The lowest BCUT2D eigenvalue weighted by Gasteiger charge is -2.29. The van der Waals surface area contributed by atoms with E-state index in [-0.39, 0.29) is 46.6 Å². The van der Waals surface area contributed by atoms with E-state index in [1.165, 1.54) is 74.5 Å². The average Bonchev–Trinajstić information content (AvgIpc) is 4.16. The van der Waals surface area contributed by atoms with E-state index in [0.717, 1.165) is 33.4 Å². The number of aromatic amines is 1. The van der Waals surface area contributed by atoms with Crippen molar-refractivity contribution in [3.63, 3.8) is 0 Å². The fourth-order valence-electron chi connectivity index (χ4n) is 8.50. The van der Waals surface area contributed by atoms with Crippen LogP contribution in [0.5, 0.6) is 11.5 Å². The van der Waals surface area contributed by atoms with E-state index in [1.807, 2.05) is 0 Å². The van der Waals surface area contributed by atoms with Crippen LogP contribution >= 0.6 is 36.4 Å². The Labute approximate surface area is 438 Å². The lowest BCUT2D eigenvalue weighted by atomic mass is 10.0. The van der Waals surface area contributed by atoms with Gasteiger partial charge in [0.2, 0.25) is 0 Å². The van der Waals surface area contributed by atoms with Crippen molar-refractivity contribution < 1.29 is 65.7 Å². The molecule has 0 aliphatic carbocycles. The van der Waals surface area contributed by atoms with Gasteiger partial charge < -0.3 is 29.8 Å². The predicted octanol–water partition coefficient (Wildman–Crippen LogP) is 7.03. The normalized spacial score (nSPS) is 25.7. The van der Waals surface area contributed by atoms with E-state index >= 15 is 9.13 Å². The molecule has 23 nitrogen and oxygen atoms in total. The Morgan fingerprint density at radius 2 is 1.42 bits per heavy atom. The van der Waals surface area contributed by atoms with E-state index in [2.05, 4.69) is 19.9 Å². The summed E-state index contributed by atoms with van der Waals surface area (Å²) in [4.78, 5) is 77.7. The van der Waals surface area contributed by atoms with E-state index < -0.39 is 87.0 Å². The number of esters is 1. The molecule has 27 heteroatoms. The van der Waals surface area contributed by atoms with Gasteiger partial charge in [-0.2, -0.15) is 0 Å². The van der Waals surface area contributed by atoms with Crippen LogP contribution in [0.4, 0.5) is 5.82 Å². The van der Waals surface area contributed by atoms with Crippen LogP contribution in [0, 0.1) is 0 Å². The third kappa shape index (κ3) is 11.7. The Balaban J connectivity index is 0.953. The van der Waals surface area contributed by atoms with Gasteiger partial charge >= 0.3 is 25.3 Å². The monoisotopic (exact) mass is 1110 g/mol. The molecule has 2 bridgehead atoms. The van der Waals surface area contributed by atoms with Crippen molar-refractivity contribution in [1.82, 2.24) is 29.1 Å². The molecule has 9 atom stereocenters. The summed E-state index contributed by atoms with van der Waals surface area (Å²) in [5, 5.41) is 9.71. The van der Waals surface area contributed by atoms with E-state index in [1.54, 1.807) is 53.1 Å². The molecule has 0 amide bonds. The summed E-state index contributed by atoms with van der Waals surface area (Å²) in [7, 11) is 1.33. The number of nitrogens with one attached hydrogen (secondary N) is 1. The summed E-state index contributed by atoms with van der Waals surface area (Å²) in [6.07, 6.45) is -3.67. The number of ketones is 1. The number of phenols is 1. The van der Waals surface area contributed by atoms with Gasteiger partial charge in [-0.25, -0.2) is 33.7 Å². The molecule has 394 valence electrons. The van der Waals surface area contributed by atoms with E-state index in [9.17, 15) is 29.1 Å². The second kappa shape index (κ2) is 22.5. The molecule has 6 heterocycles. The van der Waals surface area contributed by atoms with Gasteiger partial charge in [0, 0.05) is 54.0 Å². The number of ether oxygens (including phenoxy) is 4. The SMILES string of the molecule is CO[C@H]1[C@H]2OP(=O)(SCc3ccc(C(=O)c4ccc(O)cc4)cc3)OC[C@H]3O[C@@H](n4cnc5c(N)ncnc54)C[C@@H]3OP(=O)(SCc3ccc(OC(=O)c4ccc(C=O)cc4)cc3)OC[C@H]1O[C@H]2n1ccc(=O)[nH]c1=O. The molecule has 3 aliphatic rings. The minimum atomic E-state index is -4.47. The summed E-state index contributed by atoms with van der Waals surface area (Å²) in [6.45, 7) is -9.80. The molecule has 0 saturated carbocycles. The number of imidazole rings is 1. The zero-order valence-electron chi connectivity index (χ0n) is 39.8. The first-order chi connectivity index (χ1) is 36.7. The number of methoxy groups -OCH3 is 1. The molecule has 3 saturated heterocycles. The Kier molecular flexibility index (Phi) is 15.7. The number of hydrogen-bond acceptors (Lipinski definition) is 22. The first-order valence-corrected chi connectivity index (χ1v) is 29.5. The highest BCUT2D eigenvalue weighted by Gasteiger charge is 2.53. The highest BCUT2D eigenvalue weighted by molar-refractivity contribution is 8.55. The molecule has 0 spiro atoms. The first-order valence-electron chi connectivity index (χ1n) is 23.2. The highest BCUT2D eigenvalue weighted by Crippen LogP contribution is 2.67. The largest absolute Gasteiger partial charge is 0.508 e. The zero-order valence-corrected chi connectivity index (χ0v) is 43.2. The van der Waals surface area contributed by atoms with Crippen LogP contribution in [-0.2, 0) is 52.9 Å². The van der Waals surface area contributed by atoms with Gasteiger partial charge in [0.1, 0.15) is 66.4 Å². The molecule has 3 aromatic heterocycles. The molecule has 76 heavy (non-hydrogen) atoms. The number of phenolic OH excluding ortho intramolecular Hbond substituents is 1. The Hall–Kier alpha value is -6.60. The number of aldehydes is 1. The molecular formula is C49H45N7O16P2S2. The minimum Gasteiger partial charge on any atom is -0.508 e. The maximum absolute atomic E-state index is 15.5. The number of H-pyrrole nitrogens is 1. The van der Waals surface area contributed by atoms with Crippen molar-refractivity contribution in [2.24, 2.45) is 0 Å². The van der Waals surface area contributed by atoms with Crippen molar-refractivity contribution >= 4 is 71.4 Å². The van der Waals surface area contributed by atoms with Gasteiger partial charge in [-0.3, -0.25) is 46.6 Å². The first kappa shape index (κ1) is 52.8. The fraction of sp³-hybridized carbons (Fsp3) is 0.265. The van der Waals surface area contributed by atoms with E-state index in [0.29, 0.717) is 45.3 Å². The second-order valence-electron chi connectivity index (χ2n) is 17.3. The summed E-state index contributed by atoms with van der Waals surface area (Å²) in [5.74, 6) is -0.521. The Morgan fingerprint density at radius 3 is 2.08 bits per heavy atom. The summed E-state index contributed by atoms with van der Waals surface area (Å²) in [6, 6.07) is 25.9. The smallest absolute Gasteiger partial charge is 0.390 e. The Bertz CT molecular complexity index is 3500. The van der Waals surface area contributed by atoms with Crippen molar-refractivity contribution in [2.75, 3.05) is 26.1 Å². The van der Waals surface area contributed by atoms with Crippen LogP contribution in [0.3, 0.4) is 0 Å². The standard InChI is InChI=1S/C49H45N7O16P2S2/c1-65-43-38-23-67-73(63,75-25-30-6-16-35(17-7-30)68-48(61)33-10-2-28(21-57)3-11-33)71-36-20-40(56-27-53-41-45(50)51-26-52-46(41)56)69-37(36)22-66-74(64,72-44(43)47(70-38)55-19-18-39(59)54-49(55)62)76-24-29-4-8-31(9-5-29)42(60)32-12-14-34(58)15-13-32/h2-19,21,26-27,36-38,40,43-44,47,58H,20,22-25H2,1H3,(H2,50,51,52)(H,54,59,62)/t36-,37+,38+,40+,43+,44+,47+,73?,74?/m0/s1. The summed E-state index contributed by atoms with van der Waals surface area (Å²) >= 11 is 1.63. The van der Waals surface area contributed by atoms with Gasteiger partial charge in [-0.15, -0.1) is 0 Å². The quantitative estimate of drug-likeness (QED) is 0.0324. The molecule has 3 aliphatic heterocycles. The zero-order chi connectivity index (χ0) is 53.1. The maximum atomic E-state index is 15.5. The number of nitrogen functional groups attached to an aromatic ring is 1. The fourth-order valence-corrected chi connectivity index (χ4v) is 15.3. The number of benzene rings is 4. The molecular weight excluding hydrogens is 1070 g/mol. The average molecular weight is 1110 g/mol. The topological polar surface area (TPSA) is 304 Å². The number of anilines is 1. The number of nitrogens with zero attached hydrogens (tertiary/aromatic N) is 5. The van der Waals surface area contributed by atoms with Gasteiger partial charge in [-0.05, 0) is 82.4 Å². The number of nitrogens with two attached hydrogens (primary N) is 1. The van der Waals surface area contributed by atoms with Crippen molar-refractivity contribution in [1.29, 1.82) is 0 Å². The number of aromatic hydroxyl groups is 1. The molecule has 10 rings (SSSR count). The summed E-state index contributed by atoms with van der Waals surface area (Å²) in [5.41, 5.74) is 7.77. The van der Waals surface area contributed by atoms with Crippen LogP contribution in [0.1, 0.15) is 66.6 Å². The van der Waals surface area contributed by atoms with Crippen LogP contribution < -0.4 is 21.7 Å². The molecule has 7 aromatic rings. The number of fused-ring (bicyclic) bond motifs is 4. The third-order valence-electron chi connectivity index (χ3n) is 12.4. The minimum absolute atomic E-state index is 0.00768. The number of rotatable bonds is 14. The van der Waals surface area contributed by atoms with Crippen LogP contribution in [0.25, 0.3) is 11.2 Å². The number of carbonyl (C=O) groups is 3. The maximum Gasteiger partial charge on any atom is 0.390 e. The third-order valence-corrected chi connectivity index (χ3v) is 19.7. The van der Waals surface area contributed by atoms with Gasteiger partial charge in [0.05, 0.1) is 25.1 Å². The lowest BCUT2D eigenvalue weighted by molar-refractivity contribution is -0.0601. The number of aromatic nitrogens is 6. The van der Waals surface area contributed by atoms with Crippen LogP contribution in [0.15, 0.2) is 132 Å². The van der Waals surface area contributed by atoms with Crippen molar-refractivity contribution in [3.05, 3.63) is 176 Å². The molecule has 4 aromatic carbocycles. The number of hydrogen-bond donors (Lipinski definition) is 3. The summed E-state index contributed by atoms with van der Waals surface area (Å²) < 4.78 is 83.5. The van der Waals surface area contributed by atoms with Crippen LogP contribution in [-0.4, -0.2) is 103 Å². The predicted molar refractivity (Wildman–Crippen MR) is 275 cm³/mol. The second-order valence-corrected chi connectivity index (χ2v) is 25.4. The lowest BCUT2D eigenvalue weighted by Crippen LogP contribution is -2.39. The Morgan fingerprint density at radius 1 is 0.789 bits per heavy atom. The molecule has 3 fully saturated rings. The van der Waals surface area contributed by atoms with E-state index in [4.69, 9.17) is 42.8 Å². The highest BCUT2D eigenvalue weighted by atomic mass is 32.7. The van der Waals surface area contributed by atoms with Gasteiger partial charge in [0.15, 0.2) is 23.5 Å². The van der Waals surface area contributed by atoms with Gasteiger partial charge in [-0.1, -0.05) is 48.5 Å². The number of carbonyl (C=O) groups excluding carboxylic acids is 3. The van der Waals surface area contributed by atoms with Crippen molar-refractivity contribution in [2.45, 2.75) is 60.9 Å². The van der Waals surface area contributed by atoms with Crippen LogP contribution in [0.2, 0.25) is 0 Å². The molecule has 4 N–H and O–H groups in total. The van der Waals surface area contributed by atoms with Gasteiger partial charge in [0.25, 0.3) is 5.56 Å².